The molecule has 6 heteroatoms. The normalized spacial score (nSPS) is 24.6. The van der Waals surface area contributed by atoms with Crippen molar-refractivity contribution in [3.8, 4) is 0 Å². The first-order chi connectivity index (χ1) is 7.83. The summed E-state index contributed by atoms with van der Waals surface area (Å²) < 4.78 is 1.79. The third-order valence-electron chi connectivity index (χ3n) is 3.06. The number of carbonyl (C=O) groups excluding carboxylic acids is 1. The van der Waals surface area contributed by atoms with Gasteiger partial charge in [-0.15, -0.1) is 5.10 Å². The lowest BCUT2D eigenvalue weighted by atomic mass is 10.3. The monoisotopic (exact) mass is 221 g/mol. The molecule has 1 aliphatic heterocycles. The zero-order valence-corrected chi connectivity index (χ0v) is 9.02. The lowest BCUT2D eigenvalue weighted by Gasteiger charge is -2.06. The third-order valence-corrected chi connectivity index (χ3v) is 3.06. The molecule has 3 rings (SSSR count). The van der Waals surface area contributed by atoms with Crippen molar-refractivity contribution in [1.82, 2.24) is 25.6 Å². The maximum absolute atomic E-state index is 11.7. The molecule has 1 aromatic heterocycles. The minimum atomic E-state index is -0.0975. The van der Waals surface area contributed by atoms with Gasteiger partial charge in [-0.2, -0.15) is 0 Å². The molecule has 1 unspecified atom stereocenters. The smallest absolute Gasteiger partial charge is 0.273 e. The number of amides is 1. The summed E-state index contributed by atoms with van der Waals surface area (Å²) in [4.78, 5) is 11.7. The first-order valence-electron chi connectivity index (χ1n) is 5.76. The van der Waals surface area contributed by atoms with E-state index in [1.807, 2.05) is 0 Å². The maximum Gasteiger partial charge on any atom is 0.273 e. The Morgan fingerprint density at radius 3 is 3.06 bits per heavy atom. The van der Waals surface area contributed by atoms with Crippen LogP contribution < -0.4 is 10.6 Å². The molecule has 1 saturated carbocycles. The van der Waals surface area contributed by atoms with Gasteiger partial charge in [0.2, 0.25) is 0 Å². The lowest BCUT2D eigenvalue weighted by molar-refractivity contribution is 0.0946. The molecule has 16 heavy (non-hydrogen) atoms. The summed E-state index contributed by atoms with van der Waals surface area (Å²) in [5.41, 5.74) is 0.429. The molecule has 1 amide bonds. The fourth-order valence-corrected chi connectivity index (χ4v) is 1.91. The van der Waals surface area contributed by atoms with Crippen LogP contribution in [0, 0.1) is 0 Å². The van der Waals surface area contributed by atoms with Crippen molar-refractivity contribution in [1.29, 1.82) is 0 Å². The van der Waals surface area contributed by atoms with Crippen molar-refractivity contribution < 1.29 is 4.79 Å². The zero-order chi connectivity index (χ0) is 11.0. The number of nitrogens with zero attached hydrogens (tertiary/aromatic N) is 3. The Balaban J connectivity index is 1.68. The van der Waals surface area contributed by atoms with Gasteiger partial charge < -0.3 is 10.6 Å². The molecule has 0 radical (unpaired) electrons. The number of hydrogen-bond donors (Lipinski definition) is 2. The van der Waals surface area contributed by atoms with Crippen LogP contribution >= 0.6 is 0 Å². The number of hydrogen-bond acceptors (Lipinski definition) is 4. The lowest BCUT2D eigenvalue weighted by Crippen LogP contribution is -2.25. The van der Waals surface area contributed by atoms with E-state index in [2.05, 4.69) is 20.9 Å². The Labute approximate surface area is 93.4 Å². The van der Waals surface area contributed by atoms with Crippen LogP contribution in [0.15, 0.2) is 6.20 Å². The summed E-state index contributed by atoms with van der Waals surface area (Å²) in [6, 6.07) is 0.709. The Bertz CT molecular complexity index is 392. The van der Waals surface area contributed by atoms with E-state index in [4.69, 9.17) is 0 Å². The van der Waals surface area contributed by atoms with Crippen molar-refractivity contribution in [2.75, 3.05) is 13.1 Å². The summed E-state index contributed by atoms with van der Waals surface area (Å²) in [7, 11) is 0. The molecule has 1 aliphatic carbocycles. The molecule has 6 nitrogen and oxygen atoms in total. The van der Waals surface area contributed by atoms with E-state index in [0.717, 1.165) is 32.4 Å². The van der Waals surface area contributed by atoms with Gasteiger partial charge in [-0.1, -0.05) is 5.21 Å². The van der Waals surface area contributed by atoms with Crippen LogP contribution in [0.3, 0.4) is 0 Å². The van der Waals surface area contributed by atoms with Crippen molar-refractivity contribution >= 4 is 5.91 Å². The van der Waals surface area contributed by atoms with Gasteiger partial charge >= 0.3 is 0 Å². The van der Waals surface area contributed by atoms with Gasteiger partial charge in [0.05, 0.1) is 12.2 Å². The van der Waals surface area contributed by atoms with Crippen molar-refractivity contribution in [2.45, 2.75) is 31.3 Å². The standard InChI is InChI=1S/C10H15N5O/c16-10(12-7-1-2-7)9-6-15(14-13-9)8-3-4-11-5-8/h6-8,11H,1-5H2,(H,12,16). The molecular formula is C10H15N5O. The van der Waals surface area contributed by atoms with Crippen LogP contribution in [0.1, 0.15) is 35.8 Å². The average Bonchev–Trinajstić information content (AvgIpc) is 2.84. The van der Waals surface area contributed by atoms with Gasteiger partial charge in [-0.25, -0.2) is 4.68 Å². The molecular weight excluding hydrogens is 206 g/mol. The van der Waals surface area contributed by atoms with E-state index < -0.39 is 0 Å². The van der Waals surface area contributed by atoms with Gasteiger partial charge in [0.1, 0.15) is 0 Å². The molecule has 1 atom stereocenters. The summed E-state index contributed by atoms with van der Waals surface area (Å²) in [5.74, 6) is -0.0975. The highest BCUT2D eigenvalue weighted by molar-refractivity contribution is 5.92. The molecule has 1 aromatic rings. The van der Waals surface area contributed by atoms with Crippen LogP contribution in [0.4, 0.5) is 0 Å². The second-order valence-corrected chi connectivity index (χ2v) is 4.48. The first-order valence-corrected chi connectivity index (χ1v) is 5.76. The predicted molar refractivity (Wildman–Crippen MR) is 57.0 cm³/mol. The van der Waals surface area contributed by atoms with E-state index in [1.165, 1.54) is 0 Å². The van der Waals surface area contributed by atoms with E-state index in [0.29, 0.717) is 17.8 Å². The van der Waals surface area contributed by atoms with Crippen LogP contribution in [-0.4, -0.2) is 40.0 Å². The highest BCUT2D eigenvalue weighted by Gasteiger charge is 2.26. The van der Waals surface area contributed by atoms with Gasteiger partial charge in [0.25, 0.3) is 5.91 Å². The van der Waals surface area contributed by atoms with Crippen LogP contribution in [0.2, 0.25) is 0 Å². The number of aromatic nitrogens is 3. The Morgan fingerprint density at radius 1 is 1.50 bits per heavy atom. The molecule has 0 spiro atoms. The number of rotatable bonds is 3. The van der Waals surface area contributed by atoms with Crippen molar-refractivity contribution in [3.63, 3.8) is 0 Å². The molecule has 2 heterocycles. The second-order valence-electron chi connectivity index (χ2n) is 4.48. The highest BCUT2D eigenvalue weighted by Crippen LogP contribution is 2.19. The van der Waals surface area contributed by atoms with Crippen LogP contribution in [-0.2, 0) is 0 Å². The summed E-state index contributed by atoms with van der Waals surface area (Å²) in [6.07, 6.45) is 4.97. The van der Waals surface area contributed by atoms with Crippen LogP contribution in [0.25, 0.3) is 0 Å². The summed E-state index contributed by atoms with van der Waals surface area (Å²) >= 11 is 0. The number of carbonyl (C=O) groups is 1. The minimum absolute atomic E-state index is 0.0975. The molecule has 0 bridgehead atoms. The highest BCUT2D eigenvalue weighted by atomic mass is 16.2. The predicted octanol–water partition coefficient (Wildman–Crippen LogP) is -0.295. The van der Waals surface area contributed by atoms with Gasteiger partial charge in [-0.3, -0.25) is 4.79 Å². The largest absolute Gasteiger partial charge is 0.348 e. The van der Waals surface area contributed by atoms with E-state index in [-0.39, 0.29) is 5.91 Å². The Morgan fingerprint density at radius 2 is 2.38 bits per heavy atom. The fraction of sp³-hybridized carbons (Fsp3) is 0.700. The van der Waals surface area contributed by atoms with Gasteiger partial charge in [-0.05, 0) is 25.8 Å². The first kappa shape index (κ1) is 9.77. The van der Waals surface area contributed by atoms with E-state index in [9.17, 15) is 4.79 Å². The SMILES string of the molecule is O=C(NC1CC1)c1cn(C2CCNC2)nn1. The molecule has 0 aromatic carbocycles. The summed E-state index contributed by atoms with van der Waals surface area (Å²) in [5, 5.41) is 14.1. The van der Waals surface area contributed by atoms with Crippen molar-refractivity contribution in [2.24, 2.45) is 0 Å². The molecule has 86 valence electrons. The third kappa shape index (κ3) is 1.92. The number of nitrogens with one attached hydrogen (secondary N) is 2. The van der Waals surface area contributed by atoms with E-state index in [1.54, 1.807) is 10.9 Å². The summed E-state index contributed by atoms with van der Waals surface area (Å²) in [6.45, 7) is 1.92. The Hall–Kier alpha value is -1.43. The maximum atomic E-state index is 11.7. The molecule has 2 N–H and O–H groups in total. The van der Waals surface area contributed by atoms with E-state index >= 15 is 0 Å². The quantitative estimate of drug-likeness (QED) is 0.735. The molecule has 2 aliphatic rings. The van der Waals surface area contributed by atoms with Crippen LogP contribution in [0.5, 0.6) is 0 Å². The van der Waals surface area contributed by atoms with Gasteiger partial charge in [0, 0.05) is 12.6 Å². The van der Waals surface area contributed by atoms with Gasteiger partial charge in [0.15, 0.2) is 5.69 Å². The second kappa shape index (κ2) is 3.86. The average molecular weight is 221 g/mol. The molecule has 2 fully saturated rings. The Kier molecular flexibility index (Phi) is 2.36. The molecule has 1 saturated heterocycles. The fourth-order valence-electron chi connectivity index (χ4n) is 1.91. The zero-order valence-electron chi connectivity index (χ0n) is 9.02. The topological polar surface area (TPSA) is 71.8 Å². The minimum Gasteiger partial charge on any atom is -0.348 e. The van der Waals surface area contributed by atoms with Crippen molar-refractivity contribution in [3.05, 3.63) is 11.9 Å².